The lowest BCUT2D eigenvalue weighted by atomic mass is 9.98. The second-order valence-corrected chi connectivity index (χ2v) is 5.51. The molecule has 1 atom stereocenters. The van der Waals surface area contributed by atoms with E-state index in [1.54, 1.807) is 21.3 Å². The number of benzene rings is 1. The van der Waals surface area contributed by atoms with Crippen LogP contribution in [-0.2, 0) is 6.54 Å². The van der Waals surface area contributed by atoms with Gasteiger partial charge in [0.15, 0.2) is 11.5 Å². The van der Waals surface area contributed by atoms with Gasteiger partial charge in [-0.05, 0) is 49.5 Å². The molecular formula is C16H27ClN2O3. The molecule has 0 spiro atoms. The molecule has 0 bridgehead atoms. The zero-order valence-electron chi connectivity index (χ0n) is 13.6. The quantitative estimate of drug-likeness (QED) is 0.867. The minimum Gasteiger partial charge on any atom is -0.493 e. The van der Waals surface area contributed by atoms with E-state index < -0.39 is 0 Å². The van der Waals surface area contributed by atoms with E-state index in [0.717, 1.165) is 26.2 Å². The predicted molar refractivity (Wildman–Crippen MR) is 90.4 cm³/mol. The van der Waals surface area contributed by atoms with Crippen molar-refractivity contribution in [1.29, 1.82) is 0 Å². The lowest BCUT2D eigenvalue weighted by molar-refractivity contribution is 0.170. The van der Waals surface area contributed by atoms with Gasteiger partial charge in [-0.25, -0.2) is 0 Å². The summed E-state index contributed by atoms with van der Waals surface area (Å²) in [7, 11) is 4.91. The maximum Gasteiger partial charge on any atom is 0.203 e. The van der Waals surface area contributed by atoms with Crippen molar-refractivity contribution in [2.45, 2.75) is 19.4 Å². The molecule has 0 saturated carbocycles. The third-order valence-electron chi connectivity index (χ3n) is 4.07. The van der Waals surface area contributed by atoms with Crippen molar-refractivity contribution < 1.29 is 14.2 Å². The summed E-state index contributed by atoms with van der Waals surface area (Å²) in [6.45, 7) is 3.83. The highest BCUT2D eigenvalue weighted by atomic mass is 35.5. The number of methoxy groups -OCH3 is 3. The van der Waals surface area contributed by atoms with Gasteiger partial charge >= 0.3 is 0 Å². The number of nitrogens with zero attached hydrogens (tertiary/aromatic N) is 1. The van der Waals surface area contributed by atoms with E-state index in [9.17, 15) is 0 Å². The van der Waals surface area contributed by atoms with Crippen LogP contribution in [0.1, 0.15) is 18.4 Å². The first kappa shape index (κ1) is 18.9. The van der Waals surface area contributed by atoms with Crippen LogP contribution in [0.4, 0.5) is 0 Å². The summed E-state index contributed by atoms with van der Waals surface area (Å²) < 4.78 is 16.2. The minimum atomic E-state index is 0. The Morgan fingerprint density at radius 3 is 2.27 bits per heavy atom. The number of halogens is 1. The van der Waals surface area contributed by atoms with Crippen molar-refractivity contribution in [3.8, 4) is 17.2 Å². The molecule has 0 aromatic heterocycles. The molecule has 1 aromatic rings. The molecule has 0 radical (unpaired) electrons. The number of piperidine rings is 1. The van der Waals surface area contributed by atoms with Crippen LogP contribution in [0.25, 0.3) is 0 Å². The molecule has 1 heterocycles. The summed E-state index contributed by atoms with van der Waals surface area (Å²) in [5.74, 6) is 2.67. The van der Waals surface area contributed by atoms with Crippen molar-refractivity contribution in [1.82, 2.24) is 4.90 Å². The van der Waals surface area contributed by atoms with Gasteiger partial charge in [0.05, 0.1) is 21.3 Å². The molecule has 1 fully saturated rings. The lowest BCUT2D eigenvalue weighted by Crippen LogP contribution is -2.37. The Balaban J connectivity index is 0.00000242. The number of hydrogen-bond acceptors (Lipinski definition) is 5. The van der Waals surface area contributed by atoms with Crippen molar-refractivity contribution in [2.75, 3.05) is 41.0 Å². The Morgan fingerprint density at radius 2 is 1.77 bits per heavy atom. The Morgan fingerprint density at radius 1 is 1.14 bits per heavy atom. The van der Waals surface area contributed by atoms with E-state index in [2.05, 4.69) is 4.90 Å². The first-order valence-corrected chi connectivity index (χ1v) is 7.43. The van der Waals surface area contributed by atoms with Crippen molar-refractivity contribution in [2.24, 2.45) is 11.7 Å². The fraction of sp³-hybridized carbons (Fsp3) is 0.625. The molecule has 2 rings (SSSR count). The number of ether oxygens (including phenoxy) is 3. The molecule has 2 N–H and O–H groups in total. The second kappa shape index (κ2) is 9.08. The average molecular weight is 331 g/mol. The van der Waals surface area contributed by atoms with E-state index >= 15 is 0 Å². The number of nitrogens with two attached hydrogens (primary N) is 1. The zero-order valence-corrected chi connectivity index (χ0v) is 14.4. The molecule has 22 heavy (non-hydrogen) atoms. The average Bonchev–Trinajstić information content (AvgIpc) is 2.53. The molecular weight excluding hydrogens is 304 g/mol. The monoisotopic (exact) mass is 330 g/mol. The molecule has 1 saturated heterocycles. The van der Waals surface area contributed by atoms with Crippen molar-refractivity contribution in [3.05, 3.63) is 17.7 Å². The normalized spacial score (nSPS) is 18.5. The largest absolute Gasteiger partial charge is 0.493 e. The Bertz CT molecular complexity index is 446. The molecule has 6 heteroatoms. The Labute approximate surface area is 139 Å². The van der Waals surface area contributed by atoms with Gasteiger partial charge in [0.25, 0.3) is 0 Å². The van der Waals surface area contributed by atoms with Crippen LogP contribution in [-0.4, -0.2) is 45.9 Å². The molecule has 5 nitrogen and oxygen atoms in total. The van der Waals surface area contributed by atoms with E-state index in [1.807, 2.05) is 12.1 Å². The van der Waals surface area contributed by atoms with Crippen LogP contribution in [0.15, 0.2) is 12.1 Å². The van der Waals surface area contributed by atoms with Gasteiger partial charge in [0.2, 0.25) is 5.75 Å². The SMILES string of the molecule is COc1cc(CN2CCCC(CN)C2)cc(OC)c1OC.Cl. The van der Waals surface area contributed by atoms with Gasteiger partial charge in [-0.3, -0.25) is 4.90 Å². The summed E-state index contributed by atoms with van der Waals surface area (Å²) in [6, 6.07) is 4.04. The summed E-state index contributed by atoms with van der Waals surface area (Å²) >= 11 is 0. The highest BCUT2D eigenvalue weighted by molar-refractivity contribution is 5.85. The maximum atomic E-state index is 5.80. The summed E-state index contributed by atoms with van der Waals surface area (Å²) in [5, 5.41) is 0. The first-order chi connectivity index (χ1) is 10.2. The number of hydrogen-bond donors (Lipinski definition) is 1. The topological polar surface area (TPSA) is 57.0 Å². The van der Waals surface area contributed by atoms with Crippen LogP contribution >= 0.6 is 12.4 Å². The van der Waals surface area contributed by atoms with Crippen LogP contribution in [0.2, 0.25) is 0 Å². The van der Waals surface area contributed by atoms with Crippen LogP contribution < -0.4 is 19.9 Å². The fourth-order valence-electron chi connectivity index (χ4n) is 2.97. The van der Waals surface area contributed by atoms with Gasteiger partial charge in [-0.1, -0.05) is 0 Å². The minimum absolute atomic E-state index is 0. The van der Waals surface area contributed by atoms with Gasteiger partial charge in [0.1, 0.15) is 0 Å². The van der Waals surface area contributed by atoms with Crippen LogP contribution in [0.3, 0.4) is 0 Å². The fourth-order valence-corrected chi connectivity index (χ4v) is 2.97. The summed E-state index contributed by atoms with van der Waals surface area (Å²) in [6.07, 6.45) is 2.45. The molecule has 0 amide bonds. The third-order valence-corrected chi connectivity index (χ3v) is 4.07. The number of likely N-dealkylation sites (tertiary alicyclic amines) is 1. The highest BCUT2D eigenvalue weighted by Gasteiger charge is 2.20. The molecule has 1 aromatic carbocycles. The van der Waals surface area contributed by atoms with Gasteiger partial charge < -0.3 is 19.9 Å². The standard InChI is InChI=1S/C16H26N2O3.ClH/c1-19-14-7-13(8-15(20-2)16(14)21-3)11-18-6-4-5-12(9-17)10-18;/h7-8,12H,4-6,9-11,17H2,1-3H3;1H. The third kappa shape index (κ3) is 4.41. The predicted octanol–water partition coefficient (Wildman–Crippen LogP) is 2.30. The molecule has 126 valence electrons. The zero-order chi connectivity index (χ0) is 15.2. The van der Waals surface area contributed by atoms with Gasteiger partial charge in [0, 0.05) is 13.1 Å². The van der Waals surface area contributed by atoms with Crippen LogP contribution in [0, 0.1) is 5.92 Å². The van der Waals surface area contributed by atoms with Crippen LogP contribution in [0.5, 0.6) is 17.2 Å². The molecule has 1 aliphatic rings. The van der Waals surface area contributed by atoms with Gasteiger partial charge in [-0.15, -0.1) is 12.4 Å². The molecule has 1 unspecified atom stereocenters. The van der Waals surface area contributed by atoms with Crippen molar-refractivity contribution >= 4 is 12.4 Å². The van der Waals surface area contributed by atoms with E-state index in [-0.39, 0.29) is 12.4 Å². The van der Waals surface area contributed by atoms with E-state index in [0.29, 0.717) is 23.2 Å². The Hall–Kier alpha value is -1.17. The smallest absolute Gasteiger partial charge is 0.203 e. The highest BCUT2D eigenvalue weighted by Crippen LogP contribution is 2.38. The first-order valence-electron chi connectivity index (χ1n) is 7.43. The number of rotatable bonds is 6. The van der Waals surface area contributed by atoms with Crippen molar-refractivity contribution in [3.63, 3.8) is 0 Å². The Kier molecular flexibility index (Phi) is 7.79. The van der Waals surface area contributed by atoms with E-state index in [1.165, 1.54) is 18.4 Å². The molecule has 1 aliphatic heterocycles. The maximum absolute atomic E-state index is 5.80. The van der Waals surface area contributed by atoms with Gasteiger partial charge in [-0.2, -0.15) is 0 Å². The van der Waals surface area contributed by atoms with E-state index in [4.69, 9.17) is 19.9 Å². The summed E-state index contributed by atoms with van der Waals surface area (Å²) in [4.78, 5) is 2.45. The second-order valence-electron chi connectivity index (χ2n) is 5.51. The summed E-state index contributed by atoms with van der Waals surface area (Å²) in [5.41, 5.74) is 6.97. The lowest BCUT2D eigenvalue weighted by Gasteiger charge is -2.32. The molecule has 0 aliphatic carbocycles.